The van der Waals surface area contributed by atoms with E-state index in [9.17, 15) is 33.8 Å². The van der Waals surface area contributed by atoms with Crippen molar-refractivity contribution in [1.82, 2.24) is 10.2 Å². The first-order chi connectivity index (χ1) is 11.9. The average Bonchev–Trinajstić information content (AvgIpc) is 3.15. The maximum absolute atomic E-state index is 12.0. The molecule has 0 bridgehead atoms. The molecule has 3 amide bonds. The molecule has 3 fully saturated rings. The Morgan fingerprint density at radius 2 is 1.88 bits per heavy atom. The molecule has 1 saturated heterocycles. The minimum atomic E-state index is -5.27. The van der Waals surface area contributed by atoms with Gasteiger partial charge in [0, 0.05) is 18.9 Å². The standard InChI is InChI=1S/C11H18N2O11P2/c14-7-1-2-13(10(17)12-7)11-3-6(11)5(8(15)9(11)16)4-23-26(21,22)24-25(18,19)20/h5-6,8-9,15-16H,1-4H2,(H,21,22)(H,12,14,17)(H2,18,19,20)/t5-,6-,8+,9+,11-/m0/s1. The van der Waals surface area contributed by atoms with Gasteiger partial charge in [0.25, 0.3) is 0 Å². The van der Waals surface area contributed by atoms with Gasteiger partial charge in [0.05, 0.1) is 18.2 Å². The van der Waals surface area contributed by atoms with Crippen molar-refractivity contribution in [2.24, 2.45) is 11.8 Å². The van der Waals surface area contributed by atoms with Crippen molar-refractivity contribution in [2.45, 2.75) is 30.6 Å². The Morgan fingerprint density at radius 1 is 1.23 bits per heavy atom. The molecular weight excluding hydrogens is 398 g/mol. The normalized spacial score (nSPS) is 39.3. The van der Waals surface area contributed by atoms with Gasteiger partial charge in [-0.05, 0) is 12.3 Å². The van der Waals surface area contributed by atoms with Crippen LogP contribution in [0.4, 0.5) is 4.79 Å². The highest BCUT2D eigenvalue weighted by atomic mass is 31.3. The van der Waals surface area contributed by atoms with Crippen LogP contribution in [0.1, 0.15) is 12.8 Å². The molecule has 0 radical (unpaired) electrons. The summed E-state index contributed by atoms with van der Waals surface area (Å²) in [7, 11) is -10.4. The van der Waals surface area contributed by atoms with Crippen molar-refractivity contribution in [3.8, 4) is 0 Å². The van der Waals surface area contributed by atoms with Crippen LogP contribution in [0.3, 0.4) is 0 Å². The van der Waals surface area contributed by atoms with Gasteiger partial charge in [0.15, 0.2) is 0 Å². The van der Waals surface area contributed by atoms with E-state index in [-0.39, 0.29) is 19.4 Å². The van der Waals surface area contributed by atoms with Gasteiger partial charge in [0.1, 0.15) is 6.10 Å². The van der Waals surface area contributed by atoms with Gasteiger partial charge in [-0.2, -0.15) is 4.31 Å². The van der Waals surface area contributed by atoms with Crippen LogP contribution in [0.2, 0.25) is 0 Å². The van der Waals surface area contributed by atoms with Crippen molar-refractivity contribution in [3.05, 3.63) is 0 Å². The minimum Gasteiger partial charge on any atom is -0.390 e. The summed E-state index contributed by atoms with van der Waals surface area (Å²) in [6.07, 6.45) is -2.47. The molecule has 3 aliphatic rings. The van der Waals surface area contributed by atoms with Crippen molar-refractivity contribution in [3.63, 3.8) is 0 Å². The highest BCUT2D eigenvalue weighted by molar-refractivity contribution is 7.60. The maximum atomic E-state index is 12.0. The summed E-state index contributed by atoms with van der Waals surface area (Å²) in [5.41, 5.74) is -1.12. The van der Waals surface area contributed by atoms with E-state index < -0.39 is 63.8 Å². The van der Waals surface area contributed by atoms with E-state index in [1.807, 2.05) is 0 Å². The molecule has 0 aromatic rings. The summed E-state index contributed by atoms with van der Waals surface area (Å²) >= 11 is 0. The molecule has 148 valence electrons. The van der Waals surface area contributed by atoms with E-state index in [2.05, 4.69) is 14.2 Å². The fourth-order valence-corrected chi connectivity index (χ4v) is 5.53. The number of aliphatic hydroxyl groups is 2. The number of imide groups is 1. The SMILES string of the molecule is O=C1CCN([C@@]23C[C@H]2[C@H](COP(=O)(O)OP(=O)(O)O)[C@@H](O)[C@H]3O)C(=O)N1. The van der Waals surface area contributed by atoms with Crippen LogP contribution in [0, 0.1) is 11.8 Å². The van der Waals surface area contributed by atoms with Crippen LogP contribution in [0.15, 0.2) is 0 Å². The highest BCUT2D eigenvalue weighted by Gasteiger charge is 2.74. The molecule has 26 heavy (non-hydrogen) atoms. The lowest BCUT2D eigenvalue weighted by Crippen LogP contribution is -2.59. The Labute approximate surface area is 146 Å². The number of rotatable bonds is 6. The maximum Gasteiger partial charge on any atom is 0.481 e. The molecule has 3 rings (SSSR count). The van der Waals surface area contributed by atoms with Crippen LogP contribution in [0.25, 0.3) is 0 Å². The monoisotopic (exact) mass is 416 g/mol. The summed E-state index contributed by atoms with van der Waals surface area (Å²) < 4.78 is 30.4. The molecule has 15 heteroatoms. The van der Waals surface area contributed by atoms with Crippen LogP contribution in [-0.4, -0.2) is 72.6 Å². The van der Waals surface area contributed by atoms with Crippen molar-refractivity contribution >= 4 is 27.6 Å². The van der Waals surface area contributed by atoms with Gasteiger partial charge in [0.2, 0.25) is 5.91 Å². The van der Waals surface area contributed by atoms with E-state index in [0.717, 1.165) is 0 Å². The third-order valence-corrected chi connectivity index (χ3v) is 7.17. The number of phosphoric ester groups is 1. The van der Waals surface area contributed by atoms with Gasteiger partial charge in [-0.15, -0.1) is 0 Å². The third kappa shape index (κ3) is 3.47. The molecule has 0 aromatic heterocycles. The summed E-state index contributed by atoms with van der Waals surface area (Å²) in [5, 5.41) is 22.7. The molecule has 0 aromatic carbocycles. The molecule has 6 atom stereocenters. The lowest BCUT2D eigenvalue weighted by molar-refractivity contribution is -0.122. The number of carbonyl (C=O) groups excluding carboxylic acids is 2. The zero-order valence-corrected chi connectivity index (χ0v) is 15.0. The van der Waals surface area contributed by atoms with E-state index in [1.54, 1.807) is 0 Å². The second-order valence-electron chi connectivity index (χ2n) is 6.49. The Morgan fingerprint density at radius 3 is 2.46 bits per heavy atom. The van der Waals surface area contributed by atoms with E-state index in [0.29, 0.717) is 0 Å². The smallest absolute Gasteiger partial charge is 0.390 e. The number of urea groups is 1. The van der Waals surface area contributed by atoms with Crippen LogP contribution in [-0.2, 0) is 22.8 Å². The third-order valence-electron chi connectivity index (χ3n) is 5.02. The van der Waals surface area contributed by atoms with Gasteiger partial charge < -0.3 is 29.8 Å². The fourth-order valence-electron chi connectivity index (χ4n) is 3.91. The number of carbonyl (C=O) groups is 2. The number of nitrogens with zero attached hydrogens (tertiary/aromatic N) is 1. The Bertz CT molecular complexity index is 725. The highest BCUT2D eigenvalue weighted by Crippen LogP contribution is 2.64. The lowest BCUT2D eigenvalue weighted by atomic mass is 10.0. The van der Waals surface area contributed by atoms with E-state index in [1.165, 1.54) is 4.90 Å². The Kier molecular flexibility index (Phi) is 4.84. The van der Waals surface area contributed by atoms with Crippen LogP contribution in [0.5, 0.6) is 0 Å². The first-order valence-corrected chi connectivity index (χ1v) is 10.6. The molecule has 13 nitrogen and oxygen atoms in total. The first-order valence-electron chi connectivity index (χ1n) is 7.59. The second-order valence-corrected chi connectivity index (χ2v) is 9.32. The predicted octanol–water partition coefficient (Wildman–Crippen LogP) is -1.74. The predicted molar refractivity (Wildman–Crippen MR) is 80.1 cm³/mol. The first kappa shape index (κ1) is 19.9. The second kappa shape index (κ2) is 6.33. The zero-order valence-electron chi connectivity index (χ0n) is 13.2. The average molecular weight is 416 g/mol. The van der Waals surface area contributed by atoms with Crippen molar-refractivity contribution in [2.75, 3.05) is 13.2 Å². The summed E-state index contributed by atoms with van der Waals surface area (Å²) in [6, 6.07) is -0.700. The number of amides is 3. The number of phosphoric acid groups is 2. The molecular formula is C11H18N2O11P2. The minimum absolute atomic E-state index is 0.0339. The zero-order chi connectivity index (χ0) is 19.5. The summed E-state index contributed by atoms with van der Waals surface area (Å²) in [6.45, 7) is -0.578. The quantitative estimate of drug-likeness (QED) is 0.268. The molecule has 2 saturated carbocycles. The van der Waals surface area contributed by atoms with E-state index >= 15 is 0 Å². The number of hydrogen-bond donors (Lipinski definition) is 6. The van der Waals surface area contributed by atoms with Crippen molar-refractivity contribution in [1.29, 1.82) is 0 Å². The van der Waals surface area contributed by atoms with Crippen molar-refractivity contribution < 1.29 is 52.4 Å². The van der Waals surface area contributed by atoms with Crippen LogP contribution >= 0.6 is 15.6 Å². The number of nitrogens with one attached hydrogen (secondary N) is 1. The molecule has 6 N–H and O–H groups in total. The number of aliphatic hydroxyl groups excluding tert-OH is 2. The fraction of sp³-hybridized carbons (Fsp3) is 0.818. The van der Waals surface area contributed by atoms with Gasteiger partial charge >= 0.3 is 21.7 Å². The number of hydrogen-bond acceptors (Lipinski definition) is 8. The molecule has 1 heterocycles. The molecule has 0 spiro atoms. The van der Waals surface area contributed by atoms with Gasteiger partial charge in [-0.3, -0.25) is 14.6 Å². The Hall–Kier alpha value is -0.880. The molecule has 1 aliphatic heterocycles. The molecule has 2 aliphatic carbocycles. The van der Waals surface area contributed by atoms with Gasteiger partial charge in [-0.1, -0.05) is 0 Å². The topological polar surface area (TPSA) is 203 Å². The largest absolute Gasteiger partial charge is 0.481 e. The number of fused-ring (bicyclic) bond motifs is 1. The van der Waals surface area contributed by atoms with E-state index in [4.69, 9.17) is 9.79 Å². The van der Waals surface area contributed by atoms with Crippen LogP contribution < -0.4 is 5.32 Å². The van der Waals surface area contributed by atoms with Gasteiger partial charge in [-0.25, -0.2) is 13.9 Å². The molecule has 1 unspecified atom stereocenters. The lowest BCUT2D eigenvalue weighted by Gasteiger charge is -2.36. The summed E-state index contributed by atoms with van der Waals surface area (Å²) in [5.74, 6) is -1.82. The summed E-state index contributed by atoms with van der Waals surface area (Å²) in [4.78, 5) is 51.0. The Balaban J connectivity index is 1.69.